The van der Waals surface area contributed by atoms with Crippen molar-refractivity contribution < 1.29 is 0 Å². The Labute approximate surface area is 99.6 Å². The van der Waals surface area contributed by atoms with Crippen molar-refractivity contribution in [1.29, 1.82) is 5.26 Å². The van der Waals surface area contributed by atoms with Crippen LogP contribution in [0, 0.1) is 16.7 Å². The van der Waals surface area contributed by atoms with E-state index >= 15 is 0 Å². The van der Waals surface area contributed by atoms with Gasteiger partial charge in [0.25, 0.3) is 0 Å². The van der Waals surface area contributed by atoms with Crippen molar-refractivity contribution in [3.05, 3.63) is 0 Å². The van der Waals surface area contributed by atoms with Gasteiger partial charge in [-0.15, -0.1) is 0 Å². The Morgan fingerprint density at radius 1 is 1.19 bits per heavy atom. The van der Waals surface area contributed by atoms with Gasteiger partial charge in [0.05, 0.1) is 12.5 Å². The van der Waals surface area contributed by atoms with Gasteiger partial charge in [-0.25, -0.2) is 0 Å². The lowest BCUT2D eigenvalue weighted by molar-refractivity contribution is -0.0414. The maximum Gasteiger partial charge on any atom is 0.0638 e. The van der Waals surface area contributed by atoms with Crippen LogP contribution in [0.15, 0.2) is 0 Å². The lowest BCUT2D eigenvalue weighted by Crippen LogP contribution is -2.59. The van der Waals surface area contributed by atoms with E-state index < -0.39 is 0 Å². The second-order valence-electron chi connectivity index (χ2n) is 5.74. The first kappa shape index (κ1) is 11.9. The minimum atomic E-state index is 0.527. The highest BCUT2D eigenvalue weighted by atomic mass is 15.2. The van der Waals surface area contributed by atoms with E-state index in [9.17, 15) is 0 Å². The molecule has 1 atom stereocenters. The van der Waals surface area contributed by atoms with Crippen LogP contribution in [0.3, 0.4) is 0 Å². The summed E-state index contributed by atoms with van der Waals surface area (Å²) in [7, 11) is 0. The molecule has 2 heteroatoms. The highest BCUT2D eigenvalue weighted by molar-refractivity contribution is 4.99. The van der Waals surface area contributed by atoms with E-state index in [1.807, 2.05) is 0 Å². The highest BCUT2D eigenvalue weighted by Gasteiger charge is 2.44. The first-order chi connectivity index (χ1) is 7.79. The van der Waals surface area contributed by atoms with Crippen LogP contribution in [0.1, 0.15) is 58.3 Å². The summed E-state index contributed by atoms with van der Waals surface area (Å²) in [6.07, 6.45) is 10.5. The van der Waals surface area contributed by atoms with Crippen LogP contribution in [-0.4, -0.2) is 24.0 Å². The monoisotopic (exact) mass is 220 g/mol. The summed E-state index contributed by atoms with van der Waals surface area (Å²) in [5.74, 6) is 0. The van der Waals surface area contributed by atoms with Crippen LogP contribution in [0.4, 0.5) is 0 Å². The average Bonchev–Trinajstić information content (AvgIpc) is 2.49. The normalized spacial score (nSPS) is 26.8. The molecule has 1 spiro atoms. The SMILES string of the molecule is CCC(CC#N)N1CC2(CCCCCC2)C1. The second-order valence-corrected chi connectivity index (χ2v) is 5.74. The lowest BCUT2D eigenvalue weighted by Gasteiger charge is -2.53. The molecule has 0 radical (unpaired) electrons. The van der Waals surface area contributed by atoms with Crippen LogP contribution in [0.25, 0.3) is 0 Å². The first-order valence-electron chi connectivity index (χ1n) is 6.91. The fourth-order valence-corrected chi connectivity index (χ4v) is 3.51. The van der Waals surface area contributed by atoms with Crippen molar-refractivity contribution in [2.75, 3.05) is 13.1 Å². The Morgan fingerprint density at radius 2 is 1.81 bits per heavy atom. The molecule has 2 rings (SSSR count). The van der Waals surface area contributed by atoms with Crippen LogP contribution >= 0.6 is 0 Å². The molecule has 1 saturated heterocycles. The standard InChI is InChI=1S/C14H24N2/c1-2-13(7-10-15)16-11-14(12-16)8-5-3-4-6-9-14/h13H,2-9,11-12H2,1H3. The lowest BCUT2D eigenvalue weighted by atomic mass is 9.72. The Hall–Kier alpha value is -0.550. The van der Waals surface area contributed by atoms with Crippen LogP contribution < -0.4 is 0 Å². The van der Waals surface area contributed by atoms with Crippen LogP contribution in [0.2, 0.25) is 0 Å². The number of rotatable bonds is 3. The molecule has 0 aromatic heterocycles. The van der Waals surface area contributed by atoms with Crippen molar-refractivity contribution in [3.63, 3.8) is 0 Å². The fourth-order valence-electron chi connectivity index (χ4n) is 3.51. The van der Waals surface area contributed by atoms with Gasteiger partial charge in [-0.2, -0.15) is 5.26 Å². The summed E-state index contributed by atoms with van der Waals surface area (Å²) in [6, 6.07) is 2.86. The van der Waals surface area contributed by atoms with E-state index in [4.69, 9.17) is 5.26 Å². The average molecular weight is 220 g/mol. The second kappa shape index (κ2) is 5.19. The molecule has 90 valence electrons. The summed E-state index contributed by atoms with van der Waals surface area (Å²) in [5, 5.41) is 8.81. The minimum Gasteiger partial charge on any atom is -0.298 e. The van der Waals surface area contributed by atoms with Gasteiger partial charge in [0.2, 0.25) is 0 Å². The highest BCUT2D eigenvalue weighted by Crippen LogP contribution is 2.44. The first-order valence-corrected chi connectivity index (χ1v) is 6.91. The molecule has 1 aliphatic heterocycles. The van der Waals surface area contributed by atoms with Gasteiger partial charge in [-0.3, -0.25) is 4.90 Å². The molecular formula is C14H24N2. The molecule has 0 aromatic carbocycles. The summed E-state index contributed by atoms with van der Waals surface area (Å²) in [6.45, 7) is 4.75. The van der Waals surface area contributed by atoms with Gasteiger partial charge in [0.1, 0.15) is 0 Å². The quantitative estimate of drug-likeness (QED) is 0.729. The molecule has 1 aliphatic carbocycles. The van der Waals surface area contributed by atoms with E-state index in [0.29, 0.717) is 17.9 Å². The zero-order valence-electron chi connectivity index (χ0n) is 10.5. The smallest absolute Gasteiger partial charge is 0.0638 e. The van der Waals surface area contributed by atoms with E-state index in [2.05, 4.69) is 17.9 Å². The largest absolute Gasteiger partial charge is 0.298 e. The van der Waals surface area contributed by atoms with Crippen LogP contribution in [-0.2, 0) is 0 Å². The number of hydrogen-bond donors (Lipinski definition) is 0. The molecule has 2 fully saturated rings. The summed E-state index contributed by atoms with van der Waals surface area (Å²) < 4.78 is 0. The van der Waals surface area contributed by atoms with E-state index in [0.717, 1.165) is 6.42 Å². The van der Waals surface area contributed by atoms with E-state index in [1.54, 1.807) is 0 Å². The molecule has 0 N–H and O–H groups in total. The molecule has 0 bridgehead atoms. The van der Waals surface area contributed by atoms with Gasteiger partial charge in [0, 0.05) is 19.1 Å². The third-order valence-corrected chi connectivity index (χ3v) is 4.56. The molecule has 0 amide bonds. The number of nitrogens with zero attached hydrogens (tertiary/aromatic N) is 2. The predicted octanol–water partition coefficient (Wildman–Crippen LogP) is 3.33. The number of likely N-dealkylation sites (tertiary alicyclic amines) is 1. The van der Waals surface area contributed by atoms with E-state index in [-0.39, 0.29) is 0 Å². The van der Waals surface area contributed by atoms with Gasteiger partial charge < -0.3 is 0 Å². The van der Waals surface area contributed by atoms with Gasteiger partial charge in [-0.1, -0.05) is 32.6 Å². The van der Waals surface area contributed by atoms with Crippen LogP contribution in [0.5, 0.6) is 0 Å². The maximum absolute atomic E-state index is 8.81. The third-order valence-electron chi connectivity index (χ3n) is 4.56. The van der Waals surface area contributed by atoms with E-state index in [1.165, 1.54) is 51.6 Å². The Kier molecular flexibility index (Phi) is 3.86. The molecule has 2 nitrogen and oxygen atoms in total. The third kappa shape index (κ3) is 2.40. The Bertz CT molecular complexity index is 250. The van der Waals surface area contributed by atoms with Crippen molar-refractivity contribution in [1.82, 2.24) is 4.90 Å². The molecule has 1 saturated carbocycles. The van der Waals surface area contributed by atoms with Gasteiger partial charge in [-0.05, 0) is 24.7 Å². The number of hydrogen-bond acceptors (Lipinski definition) is 2. The fraction of sp³-hybridized carbons (Fsp3) is 0.929. The molecule has 2 aliphatic rings. The maximum atomic E-state index is 8.81. The van der Waals surface area contributed by atoms with Gasteiger partial charge in [0.15, 0.2) is 0 Å². The van der Waals surface area contributed by atoms with Crippen molar-refractivity contribution >= 4 is 0 Å². The Morgan fingerprint density at radius 3 is 2.31 bits per heavy atom. The van der Waals surface area contributed by atoms with Crippen molar-refractivity contribution in [3.8, 4) is 6.07 Å². The van der Waals surface area contributed by atoms with Crippen molar-refractivity contribution in [2.45, 2.75) is 64.3 Å². The summed E-state index contributed by atoms with van der Waals surface area (Å²) >= 11 is 0. The van der Waals surface area contributed by atoms with Gasteiger partial charge >= 0.3 is 0 Å². The minimum absolute atomic E-state index is 0.527. The van der Waals surface area contributed by atoms with Crippen molar-refractivity contribution in [2.24, 2.45) is 5.41 Å². The molecule has 1 unspecified atom stereocenters. The predicted molar refractivity (Wildman–Crippen MR) is 66.0 cm³/mol. The summed E-state index contributed by atoms with van der Waals surface area (Å²) in [5.41, 5.74) is 0.652. The molecular weight excluding hydrogens is 196 g/mol. The zero-order chi connectivity index (χ0) is 11.4. The molecule has 1 heterocycles. The zero-order valence-corrected chi connectivity index (χ0v) is 10.5. The summed E-state index contributed by atoms with van der Waals surface area (Å²) in [4.78, 5) is 2.55. The topological polar surface area (TPSA) is 27.0 Å². The molecule has 0 aromatic rings. The number of nitriles is 1. The Balaban J connectivity index is 1.85. The molecule has 16 heavy (non-hydrogen) atoms.